The minimum atomic E-state index is -3.58. The summed E-state index contributed by atoms with van der Waals surface area (Å²) in [5.41, 5.74) is 2.47. The van der Waals surface area contributed by atoms with Crippen LogP contribution in [0, 0.1) is 0 Å². The van der Waals surface area contributed by atoms with E-state index >= 15 is 0 Å². The molecule has 1 heterocycles. The molecule has 150 valence electrons. The Morgan fingerprint density at radius 2 is 2.04 bits per heavy atom. The van der Waals surface area contributed by atoms with E-state index in [-0.39, 0.29) is 22.6 Å². The van der Waals surface area contributed by atoms with Gasteiger partial charge in [-0.05, 0) is 48.1 Å². The first kappa shape index (κ1) is 21.6. The van der Waals surface area contributed by atoms with Crippen molar-refractivity contribution in [2.45, 2.75) is 44.0 Å². The highest BCUT2D eigenvalue weighted by molar-refractivity contribution is 7.92. The minimum absolute atomic E-state index is 0.180. The lowest BCUT2D eigenvalue weighted by Gasteiger charge is -2.19. The Kier molecular flexibility index (Phi) is 7.61. The molecule has 0 amide bonds. The summed E-state index contributed by atoms with van der Waals surface area (Å²) < 4.78 is 24.3. The van der Waals surface area contributed by atoms with Crippen molar-refractivity contribution in [1.82, 2.24) is 0 Å². The fourth-order valence-corrected chi connectivity index (χ4v) is 5.45. The van der Waals surface area contributed by atoms with Gasteiger partial charge in [-0.3, -0.25) is 0 Å². The molecule has 0 spiro atoms. The Hall–Kier alpha value is -1.67. The standard InChI is InChI=1S/C20H28O6S/c1-2-4-14(9-15-5-3-6-17(23)10-15)7-8-18(24)20-16(11-21)13-27(25,26)19(20)12-22/h3,5-6,9-10,18-19,21-24H,2,4,7-8,11-13H2,1H3/b14-9+/t18-,19+/m1/s1. The highest BCUT2D eigenvalue weighted by Crippen LogP contribution is 2.32. The lowest BCUT2D eigenvalue weighted by molar-refractivity contribution is 0.186. The Balaban J connectivity index is 2.16. The molecule has 0 bridgehead atoms. The van der Waals surface area contributed by atoms with Crippen LogP contribution in [0.4, 0.5) is 0 Å². The van der Waals surface area contributed by atoms with Crippen LogP contribution in [0.5, 0.6) is 5.75 Å². The molecule has 0 fully saturated rings. The van der Waals surface area contributed by atoms with E-state index in [0.717, 1.165) is 24.0 Å². The summed E-state index contributed by atoms with van der Waals surface area (Å²) in [5.74, 6) is -0.137. The first-order valence-electron chi connectivity index (χ1n) is 9.14. The maximum Gasteiger partial charge on any atom is 0.163 e. The smallest absolute Gasteiger partial charge is 0.163 e. The summed E-state index contributed by atoms with van der Waals surface area (Å²) in [7, 11) is -3.58. The fourth-order valence-electron chi connectivity index (χ4n) is 3.57. The maximum atomic E-state index is 12.1. The molecule has 0 aromatic heterocycles. The molecule has 0 radical (unpaired) electrons. The van der Waals surface area contributed by atoms with Gasteiger partial charge in [-0.1, -0.05) is 37.1 Å². The van der Waals surface area contributed by atoms with Crippen LogP contribution in [-0.2, 0) is 9.84 Å². The molecular formula is C20H28O6S. The van der Waals surface area contributed by atoms with Crippen molar-refractivity contribution >= 4 is 15.9 Å². The van der Waals surface area contributed by atoms with E-state index < -0.39 is 34.4 Å². The molecule has 2 rings (SSSR count). The third-order valence-corrected chi connectivity index (χ3v) is 6.85. The zero-order valence-electron chi connectivity index (χ0n) is 15.5. The molecule has 1 aromatic carbocycles. The topological polar surface area (TPSA) is 115 Å². The van der Waals surface area contributed by atoms with E-state index in [1.807, 2.05) is 19.1 Å². The molecule has 1 aromatic rings. The molecule has 0 unspecified atom stereocenters. The normalized spacial score (nSPS) is 20.9. The Morgan fingerprint density at radius 1 is 1.30 bits per heavy atom. The third kappa shape index (κ3) is 5.42. The predicted octanol–water partition coefficient (Wildman–Crippen LogP) is 1.79. The van der Waals surface area contributed by atoms with E-state index in [4.69, 9.17) is 0 Å². The number of hydrogen-bond donors (Lipinski definition) is 4. The van der Waals surface area contributed by atoms with Gasteiger partial charge in [0.25, 0.3) is 0 Å². The molecule has 27 heavy (non-hydrogen) atoms. The first-order chi connectivity index (χ1) is 12.8. The molecule has 7 heteroatoms. The third-order valence-electron chi connectivity index (χ3n) is 4.83. The quantitative estimate of drug-likeness (QED) is 0.473. The van der Waals surface area contributed by atoms with Crippen LogP contribution in [-0.4, -0.2) is 59.2 Å². The highest BCUT2D eigenvalue weighted by atomic mass is 32.2. The molecule has 0 aliphatic carbocycles. The van der Waals surface area contributed by atoms with Crippen molar-refractivity contribution in [2.75, 3.05) is 19.0 Å². The second kappa shape index (κ2) is 9.50. The second-order valence-corrected chi connectivity index (χ2v) is 9.08. The van der Waals surface area contributed by atoms with E-state index in [0.29, 0.717) is 12.8 Å². The number of aromatic hydroxyl groups is 1. The molecule has 6 nitrogen and oxygen atoms in total. The fraction of sp³-hybridized carbons (Fsp3) is 0.500. The van der Waals surface area contributed by atoms with Gasteiger partial charge in [-0.25, -0.2) is 8.42 Å². The van der Waals surface area contributed by atoms with Crippen molar-refractivity contribution in [2.24, 2.45) is 0 Å². The number of phenols is 1. The molecule has 2 atom stereocenters. The average molecular weight is 397 g/mol. The number of sulfone groups is 1. The van der Waals surface area contributed by atoms with Gasteiger partial charge in [0.1, 0.15) is 11.0 Å². The summed E-state index contributed by atoms with van der Waals surface area (Å²) in [5, 5.41) is 38.0. The average Bonchev–Trinajstić information content (AvgIpc) is 2.89. The van der Waals surface area contributed by atoms with Crippen LogP contribution in [0.25, 0.3) is 6.08 Å². The van der Waals surface area contributed by atoms with Crippen LogP contribution in [0.15, 0.2) is 41.0 Å². The van der Waals surface area contributed by atoms with Gasteiger partial charge in [0.05, 0.1) is 25.1 Å². The predicted molar refractivity (Wildman–Crippen MR) is 105 cm³/mol. The molecular weight excluding hydrogens is 368 g/mol. The van der Waals surface area contributed by atoms with Gasteiger partial charge in [0.15, 0.2) is 9.84 Å². The van der Waals surface area contributed by atoms with Gasteiger partial charge in [0, 0.05) is 0 Å². The largest absolute Gasteiger partial charge is 0.508 e. The molecule has 0 saturated heterocycles. The highest BCUT2D eigenvalue weighted by Gasteiger charge is 2.40. The van der Waals surface area contributed by atoms with Gasteiger partial charge in [-0.2, -0.15) is 0 Å². The van der Waals surface area contributed by atoms with Crippen LogP contribution >= 0.6 is 0 Å². The Bertz CT molecular complexity index is 810. The lowest BCUT2D eigenvalue weighted by Crippen LogP contribution is -2.29. The Morgan fingerprint density at radius 3 is 2.63 bits per heavy atom. The van der Waals surface area contributed by atoms with Crippen LogP contribution in [0.1, 0.15) is 38.2 Å². The SMILES string of the molecule is CCC/C(=C\c1cccc(O)c1)CC[C@@H](O)C1=C(CO)CS(=O)(=O)[C@H]1CO. The van der Waals surface area contributed by atoms with E-state index in [9.17, 15) is 28.8 Å². The van der Waals surface area contributed by atoms with Crippen LogP contribution in [0.2, 0.25) is 0 Å². The van der Waals surface area contributed by atoms with Gasteiger partial charge >= 0.3 is 0 Å². The number of phenolic OH excluding ortho intramolecular Hbond substituents is 1. The number of hydrogen-bond acceptors (Lipinski definition) is 6. The molecule has 4 N–H and O–H groups in total. The van der Waals surface area contributed by atoms with Crippen LogP contribution in [0.3, 0.4) is 0 Å². The van der Waals surface area contributed by atoms with Gasteiger partial charge in [-0.15, -0.1) is 0 Å². The zero-order valence-corrected chi connectivity index (χ0v) is 16.3. The second-order valence-electron chi connectivity index (χ2n) is 6.90. The number of aliphatic hydroxyl groups excluding tert-OH is 3. The van der Waals surface area contributed by atoms with Gasteiger partial charge < -0.3 is 20.4 Å². The number of benzene rings is 1. The monoisotopic (exact) mass is 396 g/mol. The summed E-state index contributed by atoms with van der Waals surface area (Å²) in [6, 6.07) is 6.89. The van der Waals surface area contributed by atoms with Crippen molar-refractivity contribution in [3.63, 3.8) is 0 Å². The van der Waals surface area contributed by atoms with Crippen molar-refractivity contribution in [3.8, 4) is 5.75 Å². The summed E-state index contributed by atoms with van der Waals surface area (Å²) in [4.78, 5) is 0. The molecule has 0 saturated carbocycles. The first-order valence-corrected chi connectivity index (χ1v) is 10.9. The zero-order chi connectivity index (χ0) is 20.0. The van der Waals surface area contributed by atoms with Crippen molar-refractivity contribution in [3.05, 3.63) is 46.5 Å². The number of rotatable bonds is 9. The van der Waals surface area contributed by atoms with E-state index in [1.54, 1.807) is 18.2 Å². The molecule has 1 aliphatic heterocycles. The lowest BCUT2D eigenvalue weighted by atomic mass is 9.93. The maximum absolute atomic E-state index is 12.1. The summed E-state index contributed by atoms with van der Waals surface area (Å²) >= 11 is 0. The minimum Gasteiger partial charge on any atom is -0.508 e. The number of aliphatic hydroxyl groups is 3. The number of allylic oxidation sites excluding steroid dienone is 1. The molecule has 1 aliphatic rings. The van der Waals surface area contributed by atoms with E-state index in [1.165, 1.54) is 0 Å². The summed E-state index contributed by atoms with van der Waals surface area (Å²) in [6.07, 6.45) is 3.51. The van der Waals surface area contributed by atoms with Crippen LogP contribution < -0.4 is 0 Å². The Labute approximate surface area is 160 Å². The van der Waals surface area contributed by atoms with Crippen molar-refractivity contribution < 1.29 is 28.8 Å². The van der Waals surface area contributed by atoms with Crippen molar-refractivity contribution in [1.29, 1.82) is 0 Å². The summed E-state index contributed by atoms with van der Waals surface area (Å²) in [6.45, 7) is 1.01. The van der Waals surface area contributed by atoms with E-state index in [2.05, 4.69) is 0 Å². The van der Waals surface area contributed by atoms with Gasteiger partial charge in [0.2, 0.25) is 0 Å².